The van der Waals surface area contributed by atoms with Gasteiger partial charge in [-0.05, 0) is 30.2 Å². The molecule has 4 rings (SSSR count). The van der Waals surface area contributed by atoms with Crippen molar-refractivity contribution >= 4 is 11.0 Å². The summed E-state index contributed by atoms with van der Waals surface area (Å²) in [6, 6.07) is 15.4. The largest absolute Gasteiger partial charge is 0.490 e. The molecule has 1 aromatic heterocycles. The van der Waals surface area contributed by atoms with Gasteiger partial charge >= 0.3 is 5.63 Å². The van der Waals surface area contributed by atoms with Gasteiger partial charge in [-0.15, -0.1) is 0 Å². The lowest BCUT2D eigenvalue weighted by molar-refractivity contribution is 0.254. The molecule has 1 aliphatic rings. The fourth-order valence-corrected chi connectivity index (χ4v) is 2.97. The van der Waals surface area contributed by atoms with Gasteiger partial charge in [0.05, 0.1) is 0 Å². The van der Waals surface area contributed by atoms with Crippen LogP contribution in [0.5, 0.6) is 5.75 Å². The van der Waals surface area contributed by atoms with Gasteiger partial charge in [-0.2, -0.15) is 0 Å². The van der Waals surface area contributed by atoms with E-state index in [4.69, 9.17) is 9.15 Å². The lowest BCUT2D eigenvalue weighted by atomic mass is 9.99. The summed E-state index contributed by atoms with van der Waals surface area (Å²) in [5, 5.41) is 0.956. The number of hydrogen-bond acceptors (Lipinski definition) is 3. The Morgan fingerprint density at radius 3 is 2.71 bits per heavy atom. The van der Waals surface area contributed by atoms with Crippen LogP contribution in [0.15, 0.2) is 57.7 Å². The zero-order valence-electron chi connectivity index (χ0n) is 11.6. The van der Waals surface area contributed by atoms with Crippen LogP contribution in [0, 0.1) is 0 Å². The van der Waals surface area contributed by atoms with Gasteiger partial charge < -0.3 is 9.15 Å². The summed E-state index contributed by atoms with van der Waals surface area (Å²) >= 11 is 0. The Hall–Kier alpha value is -2.55. The summed E-state index contributed by atoms with van der Waals surface area (Å²) in [5.41, 5.74) is 3.25. The first-order valence-electron chi connectivity index (χ1n) is 7.04. The van der Waals surface area contributed by atoms with E-state index in [1.54, 1.807) is 6.07 Å². The monoisotopic (exact) mass is 278 g/mol. The van der Waals surface area contributed by atoms with Gasteiger partial charge in [-0.1, -0.05) is 30.3 Å². The molecule has 0 radical (unpaired) electrons. The summed E-state index contributed by atoms with van der Waals surface area (Å²) in [6.07, 6.45) is 0.893. The lowest BCUT2D eigenvalue weighted by Crippen LogP contribution is -2.05. The molecule has 104 valence electrons. The van der Waals surface area contributed by atoms with Crippen LogP contribution in [0.4, 0.5) is 0 Å². The second-order valence-electron chi connectivity index (χ2n) is 5.40. The maximum Gasteiger partial charge on any atom is 0.336 e. The van der Waals surface area contributed by atoms with Crippen molar-refractivity contribution in [3.8, 4) is 16.9 Å². The quantitative estimate of drug-likeness (QED) is 0.636. The second-order valence-corrected chi connectivity index (χ2v) is 5.40. The minimum absolute atomic E-state index is 0.122. The molecule has 2 aromatic carbocycles. The van der Waals surface area contributed by atoms with Crippen molar-refractivity contribution < 1.29 is 9.15 Å². The topological polar surface area (TPSA) is 39.4 Å². The van der Waals surface area contributed by atoms with Crippen LogP contribution in [0.2, 0.25) is 0 Å². The molecule has 0 aliphatic carbocycles. The Morgan fingerprint density at radius 1 is 1.10 bits per heavy atom. The zero-order valence-corrected chi connectivity index (χ0v) is 11.6. The second kappa shape index (κ2) is 4.48. The first-order valence-corrected chi connectivity index (χ1v) is 7.04. The van der Waals surface area contributed by atoms with Gasteiger partial charge in [0.25, 0.3) is 0 Å². The van der Waals surface area contributed by atoms with Crippen LogP contribution in [-0.2, 0) is 6.42 Å². The van der Waals surface area contributed by atoms with Gasteiger partial charge in [0.15, 0.2) is 0 Å². The smallest absolute Gasteiger partial charge is 0.336 e. The predicted octanol–water partition coefficient (Wildman–Crippen LogP) is 3.78. The summed E-state index contributed by atoms with van der Waals surface area (Å²) in [4.78, 5) is 12.0. The van der Waals surface area contributed by atoms with Gasteiger partial charge in [-0.25, -0.2) is 4.79 Å². The number of ether oxygens (including phenoxy) is 1. The highest BCUT2D eigenvalue weighted by molar-refractivity contribution is 5.95. The van der Waals surface area contributed by atoms with E-state index >= 15 is 0 Å². The Labute approximate surface area is 121 Å². The normalized spacial score (nSPS) is 16.7. The Bertz CT molecular complexity index is 878. The molecule has 0 spiro atoms. The molecular formula is C18H14O3. The van der Waals surface area contributed by atoms with E-state index in [0.29, 0.717) is 5.58 Å². The van der Waals surface area contributed by atoms with E-state index in [0.717, 1.165) is 34.2 Å². The molecule has 0 bridgehead atoms. The first kappa shape index (κ1) is 12.2. The highest BCUT2D eigenvalue weighted by Crippen LogP contribution is 2.37. The summed E-state index contributed by atoms with van der Waals surface area (Å²) in [5.74, 6) is 0.823. The molecule has 1 atom stereocenters. The van der Waals surface area contributed by atoms with Gasteiger partial charge in [0.2, 0.25) is 0 Å². The molecule has 3 heteroatoms. The van der Waals surface area contributed by atoms with E-state index in [2.05, 4.69) is 0 Å². The molecule has 0 unspecified atom stereocenters. The number of rotatable bonds is 1. The van der Waals surface area contributed by atoms with Gasteiger partial charge in [0, 0.05) is 23.4 Å². The molecule has 0 fully saturated rings. The summed E-state index contributed by atoms with van der Waals surface area (Å²) in [7, 11) is 0. The van der Waals surface area contributed by atoms with Crippen molar-refractivity contribution in [3.63, 3.8) is 0 Å². The number of fused-ring (bicyclic) bond motifs is 3. The Balaban J connectivity index is 2.06. The van der Waals surface area contributed by atoms with Crippen molar-refractivity contribution in [1.29, 1.82) is 0 Å². The highest BCUT2D eigenvalue weighted by Gasteiger charge is 2.24. The Morgan fingerprint density at radius 2 is 1.90 bits per heavy atom. The average Bonchev–Trinajstić information content (AvgIpc) is 2.88. The molecule has 2 heterocycles. The van der Waals surface area contributed by atoms with Gasteiger partial charge in [0.1, 0.15) is 17.4 Å². The van der Waals surface area contributed by atoms with Crippen molar-refractivity contribution in [2.45, 2.75) is 19.4 Å². The van der Waals surface area contributed by atoms with Gasteiger partial charge in [-0.3, -0.25) is 0 Å². The fraction of sp³-hybridized carbons (Fsp3) is 0.167. The van der Waals surface area contributed by atoms with E-state index in [-0.39, 0.29) is 11.7 Å². The number of hydrogen-bond donors (Lipinski definition) is 0. The molecule has 0 N–H and O–H groups in total. The van der Waals surface area contributed by atoms with Crippen LogP contribution >= 0.6 is 0 Å². The van der Waals surface area contributed by atoms with E-state index in [9.17, 15) is 4.79 Å². The summed E-state index contributed by atoms with van der Waals surface area (Å²) in [6.45, 7) is 2.02. The molecule has 3 aromatic rings. The van der Waals surface area contributed by atoms with E-state index < -0.39 is 0 Å². The highest BCUT2D eigenvalue weighted by atomic mass is 16.5. The fourth-order valence-electron chi connectivity index (χ4n) is 2.97. The maximum absolute atomic E-state index is 12.0. The maximum atomic E-state index is 12.0. The van der Waals surface area contributed by atoms with Crippen LogP contribution < -0.4 is 10.4 Å². The third-order valence-corrected chi connectivity index (χ3v) is 3.88. The molecule has 0 amide bonds. The summed E-state index contributed by atoms with van der Waals surface area (Å²) < 4.78 is 11.2. The lowest BCUT2D eigenvalue weighted by Gasteiger charge is -2.08. The van der Waals surface area contributed by atoms with Crippen LogP contribution in [0.3, 0.4) is 0 Å². The van der Waals surface area contributed by atoms with Crippen molar-refractivity contribution in [3.05, 3.63) is 64.5 Å². The SMILES string of the molecule is C[C@H]1Cc2c(ccc3c(-c4ccccc4)cc(=O)oc23)O1. The molecule has 21 heavy (non-hydrogen) atoms. The van der Waals surface area contributed by atoms with Crippen molar-refractivity contribution in [2.24, 2.45) is 0 Å². The molecule has 3 nitrogen and oxygen atoms in total. The predicted molar refractivity (Wildman–Crippen MR) is 81.7 cm³/mol. The standard InChI is InChI=1S/C18H14O3/c1-11-9-15-16(20-11)8-7-13-14(10-17(19)21-18(13)15)12-5-3-2-4-6-12/h2-8,10-11H,9H2,1H3/t11-/m0/s1. The molecule has 0 saturated carbocycles. The van der Waals surface area contributed by atoms with Crippen LogP contribution in [0.1, 0.15) is 12.5 Å². The van der Waals surface area contributed by atoms with Crippen molar-refractivity contribution in [1.82, 2.24) is 0 Å². The molecule has 0 saturated heterocycles. The third kappa shape index (κ3) is 1.93. The van der Waals surface area contributed by atoms with Crippen LogP contribution in [-0.4, -0.2) is 6.10 Å². The number of benzene rings is 2. The first-order chi connectivity index (χ1) is 10.2. The van der Waals surface area contributed by atoms with E-state index in [1.807, 2.05) is 49.4 Å². The minimum Gasteiger partial charge on any atom is -0.490 e. The average molecular weight is 278 g/mol. The Kier molecular flexibility index (Phi) is 2.61. The zero-order chi connectivity index (χ0) is 14.4. The molecule has 1 aliphatic heterocycles. The van der Waals surface area contributed by atoms with E-state index in [1.165, 1.54) is 0 Å². The minimum atomic E-state index is -0.325. The third-order valence-electron chi connectivity index (χ3n) is 3.88. The van der Waals surface area contributed by atoms with Crippen molar-refractivity contribution in [2.75, 3.05) is 0 Å². The van der Waals surface area contributed by atoms with Crippen LogP contribution in [0.25, 0.3) is 22.1 Å². The molecular weight excluding hydrogens is 264 g/mol.